The molecule has 0 aliphatic heterocycles. The number of rotatable bonds is 8. The molecule has 0 spiro atoms. The van der Waals surface area contributed by atoms with Crippen LogP contribution in [0.3, 0.4) is 0 Å². The predicted octanol–water partition coefficient (Wildman–Crippen LogP) is 3.17. The fourth-order valence-corrected chi connectivity index (χ4v) is 4.13. The lowest BCUT2D eigenvalue weighted by molar-refractivity contribution is -0.118. The summed E-state index contributed by atoms with van der Waals surface area (Å²) in [6.45, 7) is 2.51. The molecule has 2 N–H and O–H groups in total. The summed E-state index contributed by atoms with van der Waals surface area (Å²) in [4.78, 5) is 24.5. The average molecular weight is 475 g/mol. The zero-order chi connectivity index (χ0) is 23.5. The van der Waals surface area contributed by atoms with Gasteiger partial charge in [-0.3, -0.25) is 4.79 Å². The van der Waals surface area contributed by atoms with Crippen molar-refractivity contribution in [1.82, 2.24) is 40.2 Å². The molecule has 0 saturated heterocycles. The van der Waals surface area contributed by atoms with Crippen molar-refractivity contribution >= 4 is 28.7 Å². The Balaban J connectivity index is 1.15. The highest BCUT2D eigenvalue weighted by molar-refractivity contribution is 7.99. The van der Waals surface area contributed by atoms with E-state index in [-0.39, 0.29) is 17.6 Å². The number of hydrogen-bond donors (Lipinski definition) is 2. The van der Waals surface area contributed by atoms with E-state index in [0.717, 1.165) is 28.0 Å². The molecule has 0 radical (unpaired) electrons. The van der Waals surface area contributed by atoms with Gasteiger partial charge in [0.05, 0.1) is 16.8 Å². The summed E-state index contributed by atoms with van der Waals surface area (Å²) in [5, 5.41) is 15.9. The molecule has 0 saturated carbocycles. The summed E-state index contributed by atoms with van der Waals surface area (Å²) in [6.07, 6.45) is 0.625. The molecule has 0 aliphatic carbocycles. The Morgan fingerprint density at radius 1 is 1.12 bits per heavy atom. The molecule has 0 aliphatic rings. The fourth-order valence-electron chi connectivity index (χ4n) is 3.39. The van der Waals surface area contributed by atoms with Gasteiger partial charge in [0.25, 0.3) is 5.89 Å². The third kappa shape index (κ3) is 4.69. The number of carbonyl (C=O) groups is 1. The van der Waals surface area contributed by atoms with Crippen molar-refractivity contribution in [3.8, 4) is 23.1 Å². The van der Waals surface area contributed by atoms with Crippen molar-refractivity contribution in [2.24, 2.45) is 7.05 Å². The normalized spacial score (nSPS) is 11.2. The number of nitrogens with one attached hydrogen (secondary N) is 2. The van der Waals surface area contributed by atoms with Crippen LogP contribution in [-0.2, 0) is 18.3 Å². The molecule has 1 amide bonds. The van der Waals surface area contributed by atoms with Gasteiger partial charge >= 0.3 is 0 Å². The van der Waals surface area contributed by atoms with Crippen molar-refractivity contribution < 1.29 is 9.32 Å². The van der Waals surface area contributed by atoms with E-state index in [1.165, 1.54) is 11.8 Å². The van der Waals surface area contributed by atoms with Gasteiger partial charge in [-0.1, -0.05) is 58.9 Å². The lowest BCUT2D eigenvalue weighted by Gasteiger charge is -2.04. The van der Waals surface area contributed by atoms with Crippen LogP contribution in [0.2, 0.25) is 0 Å². The standard InChI is InChI=1S/C23H22N8O2S/c1-14-7-9-15(10-8-14)20-27-22(33-30-20)21-28-29-23(31(21)2)34-13-19(32)24-12-11-18-25-16-5-3-4-6-17(16)26-18/h3-10H,11-13H2,1-2H3,(H,24,32)(H,25,26). The van der Waals surface area contributed by atoms with E-state index in [9.17, 15) is 4.79 Å². The van der Waals surface area contributed by atoms with Crippen LogP contribution in [-0.4, -0.2) is 53.1 Å². The first-order chi connectivity index (χ1) is 16.6. The monoisotopic (exact) mass is 474 g/mol. The number of fused-ring (bicyclic) bond motifs is 1. The Kier molecular flexibility index (Phi) is 6.09. The van der Waals surface area contributed by atoms with E-state index in [4.69, 9.17) is 4.52 Å². The molecule has 0 atom stereocenters. The van der Waals surface area contributed by atoms with Crippen LogP contribution in [0.15, 0.2) is 58.2 Å². The molecule has 0 fully saturated rings. The molecule has 11 heteroatoms. The number of benzene rings is 2. The number of para-hydroxylation sites is 2. The van der Waals surface area contributed by atoms with E-state index in [1.54, 1.807) is 11.6 Å². The highest BCUT2D eigenvalue weighted by Gasteiger charge is 2.19. The third-order valence-electron chi connectivity index (χ3n) is 5.22. The summed E-state index contributed by atoms with van der Waals surface area (Å²) >= 11 is 1.29. The van der Waals surface area contributed by atoms with Crippen LogP contribution in [0.5, 0.6) is 0 Å². The number of aromatic amines is 1. The number of hydrogen-bond acceptors (Lipinski definition) is 8. The summed E-state index contributed by atoms with van der Waals surface area (Å²) in [5.74, 6) is 2.16. The Bertz CT molecular complexity index is 1400. The first-order valence-electron chi connectivity index (χ1n) is 10.7. The molecule has 34 heavy (non-hydrogen) atoms. The van der Waals surface area contributed by atoms with Gasteiger partial charge < -0.3 is 19.4 Å². The van der Waals surface area contributed by atoms with Crippen molar-refractivity contribution in [2.75, 3.05) is 12.3 Å². The molecule has 3 heterocycles. The summed E-state index contributed by atoms with van der Waals surface area (Å²) in [6, 6.07) is 15.7. The highest BCUT2D eigenvalue weighted by Crippen LogP contribution is 2.24. The molecule has 172 valence electrons. The second-order valence-corrected chi connectivity index (χ2v) is 8.69. The molecule has 5 rings (SSSR count). The maximum atomic E-state index is 12.3. The number of aromatic nitrogens is 7. The first kappa shape index (κ1) is 21.8. The van der Waals surface area contributed by atoms with Crippen molar-refractivity contribution in [1.29, 1.82) is 0 Å². The SMILES string of the molecule is Cc1ccc(-c2noc(-c3nnc(SCC(=O)NCCc4nc5ccccc5[nH]4)n3C)n2)cc1. The molecule has 2 aromatic carbocycles. The van der Waals surface area contributed by atoms with E-state index in [0.29, 0.717) is 29.8 Å². The smallest absolute Gasteiger partial charge is 0.296 e. The van der Waals surface area contributed by atoms with Crippen LogP contribution >= 0.6 is 11.8 Å². The molecule has 5 aromatic rings. The second-order valence-electron chi connectivity index (χ2n) is 7.74. The van der Waals surface area contributed by atoms with Crippen molar-refractivity contribution in [3.63, 3.8) is 0 Å². The molecular formula is C23H22N8O2S. The minimum absolute atomic E-state index is 0.0925. The van der Waals surface area contributed by atoms with Gasteiger partial charge in [-0.25, -0.2) is 4.98 Å². The van der Waals surface area contributed by atoms with E-state index < -0.39 is 0 Å². The van der Waals surface area contributed by atoms with Crippen LogP contribution in [0.4, 0.5) is 0 Å². The van der Waals surface area contributed by atoms with Gasteiger partial charge in [0.1, 0.15) is 5.82 Å². The molecule has 0 unspecified atom stereocenters. The zero-order valence-electron chi connectivity index (χ0n) is 18.6. The highest BCUT2D eigenvalue weighted by atomic mass is 32.2. The van der Waals surface area contributed by atoms with E-state index in [1.807, 2.05) is 55.5 Å². The van der Waals surface area contributed by atoms with Crippen LogP contribution in [0.1, 0.15) is 11.4 Å². The van der Waals surface area contributed by atoms with Gasteiger partial charge in [-0.2, -0.15) is 4.98 Å². The van der Waals surface area contributed by atoms with Gasteiger partial charge in [-0.05, 0) is 19.1 Å². The Morgan fingerprint density at radius 3 is 2.76 bits per heavy atom. The molecule has 10 nitrogen and oxygen atoms in total. The third-order valence-corrected chi connectivity index (χ3v) is 6.24. The Hall–Kier alpha value is -3.99. The average Bonchev–Trinajstić information content (AvgIpc) is 3.56. The van der Waals surface area contributed by atoms with Crippen LogP contribution in [0.25, 0.3) is 34.1 Å². The minimum Gasteiger partial charge on any atom is -0.355 e. The second kappa shape index (κ2) is 9.48. The maximum absolute atomic E-state index is 12.3. The largest absolute Gasteiger partial charge is 0.355 e. The summed E-state index contributed by atoms with van der Waals surface area (Å²) in [5.41, 5.74) is 3.92. The van der Waals surface area contributed by atoms with Crippen LogP contribution in [0, 0.1) is 6.92 Å². The van der Waals surface area contributed by atoms with Gasteiger partial charge in [-0.15, -0.1) is 10.2 Å². The maximum Gasteiger partial charge on any atom is 0.296 e. The fraction of sp³-hybridized carbons (Fsp3) is 0.217. The molecule has 3 aromatic heterocycles. The molecule has 0 bridgehead atoms. The minimum atomic E-state index is -0.0925. The number of H-pyrrole nitrogens is 1. The predicted molar refractivity (Wildman–Crippen MR) is 128 cm³/mol. The van der Waals surface area contributed by atoms with E-state index in [2.05, 4.69) is 35.6 Å². The zero-order valence-corrected chi connectivity index (χ0v) is 19.5. The van der Waals surface area contributed by atoms with Crippen LogP contribution < -0.4 is 5.32 Å². The number of imidazole rings is 1. The van der Waals surface area contributed by atoms with Gasteiger partial charge in [0.2, 0.25) is 17.6 Å². The lowest BCUT2D eigenvalue weighted by atomic mass is 10.1. The van der Waals surface area contributed by atoms with E-state index >= 15 is 0 Å². The number of aryl methyl sites for hydroxylation is 1. The summed E-state index contributed by atoms with van der Waals surface area (Å²) < 4.78 is 7.13. The number of carbonyl (C=O) groups excluding carboxylic acids is 1. The number of thioether (sulfide) groups is 1. The quantitative estimate of drug-likeness (QED) is 0.328. The Morgan fingerprint density at radius 2 is 1.94 bits per heavy atom. The first-order valence-corrected chi connectivity index (χ1v) is 11.7. The van der Waals surface area contributed by atoms with Gasteiger partial charge in [0, 0.05) is 25.6 Å². The van der Waals surface area contributed by atoms with Gasteiger partial charge in [0.15, 0.2) is 5.16 Å². The lowest BCUT2D eigenvalue weighted by Crippen LogP contribution is -2.27. The topological polar surface area (TPSA) is 127 Å². The number of nitrogens with zero attached hydrogens (tertiary/aromatic N) is 6. The summed E-state index contributed by atoms with van der Waals surface area (Å²) in [7, 11) is 1.80. The molecular weight excluding hydrogens is 452 g/mol. The Labute approximate surface area is 199 Å². The number of amides is 1. The van der Waals surface area contributed by atoms with Crippen molar-refractivity contribution in [2.45, 2.75) is 18.5 Å². The van der Waals surface area contributed by atoms with Crippen molar-refractivity contribution in [3.05, 3.63) is 59.9 Å².